The Morgan fingerprint density at radius 1 is 1.53 bits per heavy atom. The smallest absolute Gasteiger partial charge is 0.258 e. The number of nitrogens with one attached hydrogen (secondary N) is 1. The first-order valence-corrected chi connectivity index (χ1v) is 6.67. The summed E-state index contributed by atoms with van der Waals surface area (Å²) < 4.78 is 0.903. The molecule has 0 unspecified atom stereocenters. The number of rotatable bonds is 2. The van der Waals surface area contributed by atoms with Crippen LogP contribution >= 0.6 is 38.6 Å². The van der Waals surface area contributed by atoms with E-state index in [2.05, 4.69) is 26.2 Å². The van der Waals surface area contributed by atoms with E-state index in [-0.39, 0.29) is 5.91 Å². The Labute approximate surface area is 103 Å². The minimum atomic E-state index is -0.101. The quantitative estimate of drug-likeness (QED) is 0.922. The maximum absolute atomic E-state index is 11.8. The van der Waals surface area contributed by atoms with Crippen molar-refractivity contribution in [2.45, 2.75) is 6.92 Å². The van der Waals surface area contributed by atoms with Gasteiger partial charge in [0, 0.05) is 5.38 Å². The van der Waals surface area contributed by atoms with Gasteiger partial charge in [0.2, 0.25) is 0 Å². The summed E-state index contributed by atoms with van der Waals surface area (Å²) in [6.45, 7) is 1.92. The number of halogens is 1. The van der Waals surface area contributed by atoms with E-state index in [1.165, 1.54) is 22.7 Å². The van der Waals surface area contributed by atoms with Gasteiger partial charge in [0.1, 0.15) is 0 Å². The molecule has 0 spiro atoms. The molecule has 1 amide bonds. The number of thiophene rings is 1. The topological polar surface area (TPSA) is 42.0 Å². The first-order valence-electron chi connectivity index (χ1n) is 4.12. The van der Waals surface area contributed by atoms with Crippen molar-refractivity contribution < 1.29 is 4.79 Å². The average molecular weight is 303 g/mol. The third kappa shape index (κ3) is 2.45. The third-order valence-corrected chi connectivity index (χ3v) is 4.05. The number of nitrogens with zero attached hydrogens (tertiary/aromatic N) is 1. The van der Waals surface area contributed by atoms with Crippen LogP contribution in [0, 0.1) is 6.92 Å². The summed E-state index contributed by atoms with van der Waals surface area (Å²) in [5.41, 5.74) is 1.71. The molecule has 2 aromatic heterocycles. The molecule has 3 nitrogen and oxygen atoms in total. The van der Waals surface area contributed by atoms with Crippen LogP contribution in [0.2, 0.25) is 0 Å². The molecule has 2 heterocycles. The zero-order valence-corrected chi connectivity index (χ0v) is 11.0. The number of carbonyl (C=O) groups excluding carboxylic acids is 1. The van der Waals surface area contributed by atoms with E-state index in [9.17, 15) is 4.79 Å². The number of thiazole rings is 1. The predicted octanol–water partition coefficient (Wildman–Crippen LogP) is 3.53. The van der Waals surface area contributed by atoms with Crippen LogP contribution in [0.5, 0.6) is 0 Å². The predicted molar refractivity (Wildman–Crippen MR) is 66.8 cm³/mol. The Morgan fingerprint density at radius 2 is 2.33 bits per heavy atom. The highest BCUT2D eigenvalue weighted by Crippen LogP contribution is 2.24. The molecule has 0 atom stereocenters. The van der Waals surface area contributed by atoms with Crippen LogP contribution in [0.1, 0.15) is 15.9 Å². The van der Waals surface area contributed by atoms with Crippen molar-refractivity contribution >= 4 is 49.6 Å². The van der Waals surface area contributed by atoms with E-state index >= 15 is 0 Å². The van der Waals surface area contributed by atoms with Gasteiger partial charge < -0.3 is 0 Å². The number of hydrogen-bond donors (Lipinski definition) is 1. The zero-order valence-electron chi connectivity index (χ0n) is 7.78. The van der Waals surface area contributed by atoms with Gasteiger partial charge in [-0.2, -0.15) is 11.3 Å². The number of aryl methyl sites for hydroxylation is 1. The molecule has 0 radical (unpaired) electrons. The lowest BCUT2D eigenvalue weighted by molar-refractivity contribution is 0.102. The van der Waals surface area contributed by atoms with Crippen LogP contribution in [0.25, 0.3) is 0 Å². The number of anilines is 1. The second-order valence-electron chi connectivity index (χ2n) is 2.89. The fourth-order valence-electron chi connectivity index (χ4n) is 1.07. The summed E-state index contributed by atoms with van der Waals surface area (Å²) in [6.07, 6.45) is 1.67. The maximum Gasteiger partial charge on any atom is 0.258 e. The van der Waals surface area contributed by atoms with Gasteiger partial charge in [-0.25, -0.2) is 4.98 Å². The van der Waals surface area contributed by atoms with E-state index < -0.39 is 0 Å². The van der Waals surface area contributed by atoms with Gasteiger partial charge in [0.05, 0.1) is 15.5 Å². The molecule has 78 valence electrons. The summed E-state index contributed by atoms with van der Waals surface area (Å²) in [4.78, 5) is 15.8. The second kappa shape index (κ2) is 4.42. The Kier molecular flexibility index (Phi) is 3.18. The molecule has 0 bridgehead atoms. The van der Waals surface area contributed by atoms with Crippen LogP contribution in [0.15, 0.2) is 20.7 Å². The van der Waals surface area contributed by atoms with Crippen molar-refractivity contribution in [2.24, 2.45) is 0 Å². The summed E-state index contributed by atoms with van der Waals surface area (Å²) >= 11 is 6.21. The van der Waals surface area contributed by atoms with E-state index in [1.807, 2.05) is 17.7 Å². The molecule has 0 saturated heterocycles. The summed E-state index contributed by atoms with van der Waals surface area (Å²) in [5, 5.41) is 7.15. The molecule has 0 aromatic carbocycles. The standard InChI is InChI=1S/C9H7BrN2OS2/c1-5-3-14-4-6(5)8(13)12-9-11-2-7(10)15-9/h2-4H,1H3,(H,11,12,13). The lowest BCUT2D eigenvalue weighted by atomic mass is 10.2. The molecular formula is C9H7BrN2OS2. The molecule has 1 N–H and O–H groups in total. The monoisotopic (exact) mass is 302 g/mol. The SMILES string of the molecule is Cc1cscc1C(=O)Nc1ncc(Br)s1. The van der Waals surface area contributed by atoms with Crippen LogP contribution in [0.3, 0.4) is 0 Å². The highest BCUT2D eigenvalue weighted by atomic mass is 79.9. The van der Waals surface area contributed by atoms with Gasteiger partial charge in [-0.05, 0) is 33.8 Å². The minimum absolute atomic E-state index is 0.101. The van der Waals surface area contributed by atoms with Gasteiger partial charge in [-0.15, -0.1) is 0 Å². The first-order chi connectivity index (χ1) is 7.16. The number of carbonyl (C=O) groups is 1. The van der Waals surface area contributed by atoms with Crippen LogP contribution in [-0.4, -0.2) is 10.9 Å². The van der Waals surface area contributed by atoms with Crippen molar-refractivity contribution in [3.05, 3.63) is 31.9 Å². The molecule has 0 saturated carbocycles. The Morgan fingerprint density at radius 3 is 2.87 bits per heavy atom. The zero-order chi connectivity index (χ0) is 10.8. The normalized spacial score (nSPS) is 10.3. The van der Waals surface area contributed by atoms with Crippen LogP contribution in [-0.2, 0) is 0 Å². The van der Waals surface area contributed by atoms with E-state index in [4.69, 9.17) is 0 Å². The fraction of sp³-hybridized carbons (Fsp3) is 0.111. The molecule has 0 aliphatic heterocycles. The van der Waals surface area contributed by atoms with Crippen LogP contribution < -0.4 is 5.32 Å². The van der Waals surface area contributed by atoms with E-state index in [0.29, 0.717) is 10.7 Å². The fourth-order valence-corrected chi connectivity index (χ4v) is 3.00. The number of aromatic nitrogens is 1. The van der Waals surface area contributed by atoms with Gasteiger partial charge in [0.15, 0.2) is 5.13 Å². The number of hydrogen-bond acceptors (Lipinski definition) is 4. The summed E-state index contributed by atoms with van der Waals surface area (Å²) in [7, 11) is 0. The number of amides is 1. The highest BCUT2D eigenvalue weighted by molar-refractivity contribution is 9.11. The van der Waals surface area contributed by atoms with Crippen molar-refractivity contribution in [2.75, 3.05) is 5.32 Å². The molecular weight excluding hydrogens is 296 g/mol. The Bertz CT molecular complexity index is 492. The van der Waals surface area contributed by atoms with E-state index in [1.54, 1.807) is 6.20 Å². The molecule has 0 aliphatic carbocycles. The molecule has 2 aromatic rings. The Balaban J connectivity index is 2.14. The third-order valence-electron chi connectivity index (χ3n) is 1.80. The summed E-state index contributed by atoms with van der Waals surface area (Å²) in [6, 6.07) is 0. The molecule has 0 aliphatic rings. The molecule has 15 heavy (non-hydrogen) atoms. The van der Waals surface area contributed by atoms with Crippen LogP contribution in [0.4, 0.5) is 5.13 Å². The van der Waals surface area contributed by atoms with E-state index in [0.717, 1.165) is 9.35 Å². The molecule has 6 heteroatoms. The Hall–Kier alpha value is -0.720. The minimum Gasteiger partial charge on any atom is -0.298 e. The van der Waals surface area contributed by atoms with Crippen molar-refractivity contribution in [3.63, 3.8) is 0 Å². The lowest BCUT2D eigenvalue weighted by Crippen LogP contribution is -2.11. The highest BCUT2D eigenvalue weighted by Gasteiger charge is 2.11. The largest absolute Gasteiger partial charge is 0.298 e. The van der Waals surface area contributed by atoms with Gasteiger partial charge in [0.25, 0.3) is 5.91 Å². The molecule has 0 fully saturated rings. The second-order valence-corrected chi connectivity index (χ2v) is 6.05. The average Bonchev–Trinajstić information content (AvgIpc) is 2.75. The first kappa shape index (κ1) is 10.8. The molecule has 2 rings (SSSR count). The maximum atomic E-state index is 11.8. The van der Waals surface area contributed by atoms with Crippen molar-refractivity contribution in [1.29, 1.82) is 0 Å². The van der Waals surface area contributed by atoms with Gasteiger partial charge >= 0.3 is 0 Å². The summed E-state index contributed by atoms with van der Waals surface area (Å²) in [5.74, 6) is -0.101. The van der Waals surface area contributed by atoms with Crippen molar-refractivity contribution in [1.82, 2.24) is 4.98 Å². The van der Waals surface area contributed by atoms with Gasteiger partial charge in [-0.1, -0.05) is 11.3 Å². The lowest BCUT2D eigenvalue weighted by Gasteiger charge is -1.99. The van der Waals surface area contributed by atoms with Crippen molar-refractivity contribution in [3.8, 4) is 0 Å². The van der Waals surface area contributed by atoms with Gasteiger partial charge in [-0.3, -0.25) is 10.1 Å².